The highest BCUT2D eigenvalue weighted by atomic mass is 16.1. The Bertz CT molecular complexity index is 1120. The molecule has 1 aliphatic rings. The number of piperazine rings is 1. The Hall–Kier alpha value is -2.87. The summed E-state index contributed by atoms with van der Waals surface area (Å²) in [7, 11) is 0. The summed E-state index contributed by atoms with van der Waals surface area (Å²) in [6, 6.07) is 8.93. The lowest BCUT2D eigenvalue weighted by Gasteiger charge is -2.36. The standard InChI is InChI=1S/C24H35N7O/c1-17-7-6-8-19(15-17)30-13-11-29(12-14-30)10-9-18(2)26-23-27-21-20(22(32)28-23)16-25-31(21)24(3,4)5/h6-8,15-16,18H,9-14H2,1-5H3,(H2,26,27,28,32). The maximum Gasteiger partial charge on any atom is 0.263 e. The molecular formula is C24H35N7O. The predicted octanol–water partition coefficient (Wildman–Crippen LogP) is 3.20. The van der Waals surface area contributed by atoms with E-state index in [-0.39, 0.29) is 17.1 Å². The first-order valence-electron chi connectivity index (χ1n) is 11.5. The molecule has 32 heavy (non-hydrogen) atoms. The highest BCUT2D eigenvalue weighted by molar-refractivity contribution is 5.74. The van der Waals surface area contributed by atoms with E-state index in [2.05, 4.69) is 89.1 Å². The maximum absolute atomic E-state index is 12.5. The second kappa shape index (κ2) is 8.94. The van der Waals surface area contributed by atoms with Gasteiger partial charge >= 0.3 is 0 Å². The first kappa shape index (κ1) is 22.3. The van der Waals surface area contributed by atoms with E-state index in [0.717, 1.165) is 39.1 Å². The summed E-state index contributed by atoms with van der Waals surface area (Å²) in [5.41, 5.74) is 2.84. The normalized spacial score (nSPS) is 16.5. The Kier molecular flexibility index (Phi) is 6.24. The maximum atomic E-state index is 12.5. The molecule has 8 heteroatoms. The smallest absolute Gasteiger partial charge is 0.263 e. The lowest BCUT2D eigenvalue weighted by Crippen LogP contribution is -2.47. The van der Waals surface area contributed by atoms with E-state index < -0.39 is 0 Å². The van der Waals surface area contributed by atoms with E-state index >= 15 is 0 Å². The molecule has 172 valence electrons. The molecule has 8 nitrogen and oxygen atoms in total. The largest absolute Gasteiger partial charge is 0.369 e. The topological polar surface area (TPSA) is 82.1 Å². The van der Waals surface area contributed by atoms with Crippen molar-refractivity contribution in [2.75, 3.05) is 42.9 Å². The van der Waals surface area contributed by atoms with Gasteiger partial charge in [0.1, 0.15) is 5.39 Å². The van der Waals surface area contributed by atoms with Crippen LogP contribution in [0.3, 0.4) is 0 Å². The Morgan fingerprint density at radius 3 is 2.62 bits per heavy atom. The molecule has 0 spiro atoms. The second-order valence-electron chi connectivity index (χ2n) is 9.88. The Morgan fingerprint density at radius 2 is 1.94 bits per heavy atom. The molecule has 1 atom stereocenters. The van der Waals surface area contributed by atoms with Crippen LogP contribution in [0.15, 0.2) is 35.3 Å². The number of hydrogen-bond acceptors (Lipinski definition) is 6. The Labute approximate surface area is 189 Å². The average molecular weight is 438 g/mol. The van der Waals surface area contributed by atoms with Crippen molar-refractivity contribution in [1.29, 1.82) is 0 Å². The molecule has 3 aromatic rings. The van der Waals surface area contributed by atoms with Crippen LogP contribution in [0.1, 0.15) is 39.7 Å². The van der Waals surface area contributed by atoms with Gasteiger partial charge in [0, 0.05) is 44.5 Å². The van der Waals surface area contributed by atoms with Gasteiger partial charge < -0.3 is 10.2 Å². The van der Waals surface area contributed by atoms with E-state index in [1.807, 2.05) is 0 Å². The van der Waals surface area contributed by atoms with Crippen LogP contribution in [0.25, 0.3) is 11.0 Å². The third-order valence-corrected chi connectivity index (χ3v) is 6.07. The molecule has 2 aromatic heterocycles. The zero-order valence-corrected chi connectivity index (χ0v) is 19.9. The summed E-state index contributed by atoms with van der Waals surface area (Å²) in [5.74, 6) is 0.505. The minimum absolute atomic E-state index is 0.160. The molecule has 0 saturated carbocycles. The third kappa shape index (κ3) is 4.96. The fourth-order valence-corrected chi connectivity index (χ4v) is 4.21. The monoisotopic (exact) mass is 437 g/mol. The van der Waals surface area contributed by atoms with Gasteiger partial charge in [0.15, 0.2) is 5.65 Å². The van der Waals surface area contributed by atoms with Gasteiger partial charge in [0.2, 0.25) is 5.95 Å². The molecule has 1 aliphatic heterocycles. The number of benzene rings is 1. The van der Waals surface area contributed by atoms with E-state index in [1.165, 1.54) is 11.3 Å². The van der Waals surface area contributed by atoms with Crippen LogP contribution in [0.2, 0.25) is 0 Å². The second-order valence-corrected chi connectivity index (χ2v) is 9.88. The van der Waals surface area contributed by atoms with Crippen LogP contribution < -0.4 is 15.8 Å². The SMILES string of the molecule is Cc1cccc(N2CCN(CCC(C)Nc3nc4c(cnn4C(C)(C)C)c(=O)[nH]3)CC2)c1. The first-order chi connectivity index (χ1) is 15.2. The third-order valence-electron chi connectivity index (χ3n) is 6.07. The number of nitrogens with one attached hydrogen (secondary N) is 2. The summed E-state index contributed by atoms with van der Waals surface area (Å²) in [5, 5.41) is 8.27. The molecule has 2 N–H and O–H groups in total. The number of aromatic amines is 1. The van der Waals surface area contributed by atoms with Crippen LogP contribution in [0.4, 0.5) is 11.6 Å². The number of aromatic nitrogens is 4. The van der Waals surface area contributed by atoms with Gasteiger partial charge in [-0.15, -0.1) is 0 Å². The van der Waals surface area contributed by atoms with Gasteiger partial charge in [-0.2, -0.15) is 10.1 Å². The highest BCUT2D eigenvalue weighted by Crippen LogP contribution is 2.20. The number of nitrogens with zero attached hydrogens (tertiary/aromatic N) is 5. The van der Waals surface area contributed by atoms with E-state index in [0.29, 0.717) is 17.0 Å². The summed E-state index contributed by atoms with van der Waals surface area (Å²) in [6.45, 7) is 15.7. The predicted molar refractivity (Wildman–Crippen MR) is 131 cm³/mol. The number of rotatable bonds is 6. The van der Waals surface area contributed by atoms with Crippen LogP contribution >= 0.6 is 0 Å². The zero-order chi connectivity index (χ0) is 22.9. The molecule has 1 saturated heterocycles. The van der Waals surface area contributed by atoms with Crippen molar-refractivity contribution in [1.82, 2.24) is 24.6 Å². The van der Waals surface area contributed by atoms with Crippen LogP contribution in [0.5, 0.6) is 0 Å². The molecule has 0 aliphatic carbocycles. The Balaban J connectivity index is 1.32. The van der Waals surface area contributed by atoms with Gasteiger partial charge in [-0.05, 0) is 58.7 Å². The number of aryl methyl sites for hydroxylation is 1. The van der Waals surface area contributed by atoms with Crippen LogP contribution in [0, 0.1) is 6.92 Å². The van der Waals surface area contributed by atoms with Gasteiger partial charge in [-0.1, -0.05) is 12.1 Å². The lowest BCUT2D eigenvalue weighted by molar-refractivity contribution is 0.251. The number of hydrogen-bond donors (Lipinski definition) is 2. The van der Waals surface area contributed by atoms with E-state index in [1.54, 1.807) is 10.9 Å². The van der Waals surface area contributed by atoms with Crippen molar-refractivity contribution in [2.24, 2.45) is 0 Å². The van der Waals surface area contributed by atoms with Gasteiger partial charge in [-0.25, -0.2) is 4.68 Å². The summed E-state index contributed by atoms with van der Waals surface area (Å²) in [6.07, 6.45) is 2.57. The summed E-state index contributed by atoms with van der Waals surface area (Å²) >= 11 is 0. The number of fused-ring (bicyclic) bond motifs is 1. The van der Waals surface area contributed by atoms with Crippen LogP contribution in [-0.2, 0) is 5.54 Å². The molecule has 0 bridgehead atoms. The van der Waals surface area contributed by atoms with Crippen molar-refractivity contribution in [2.45, 2.75) is 52.6 Å². The zero-order valence-electron chi connectivity index (χ0n) is 19.9. The highest BCUT2D eigenvalue weighted by Gasteiger charge is 2.21. The quantitative estimate of drug-likeness (QED) is 0.616. The van der Waals surface area contributed by atoms with Crippen molar-refractivity contribution in [3.05, 3.63) is 46.4 Å². The lowest BCUT2D eigenvalue weighted by atomic mass is 10.1. The first-order valence-corrected chi connectivity index (χ1v) is 11.5. The summed E-state index contributed by atoms with van der Waals surface area (Å²) < 4.78 is 1.81. The molecule has 1 unspecified atom stereocenters. The van der Waals surface area contributed by atoms with Crippen molar-refractivity contribution >= 4 is 22.7 Å². The number of H-pyrrole nitrogens is 1. The van der Waals surface area contributed by atoms with E-state index in [9.17, 15) is 4.79 Å². The average Bonchev–Trinajstić information content (AvgIpc) is 3.18. The Morgan fingerprint density at radius 1 is 1.19 bits per heavy atom. The molecule has 3 heterocycles. The molecular weight excluding hydrogens is 402 g/mol. The molecule has 0 amide bonds. The summed E-state index contributed by atoms with van der Waals surface area (Å²) in [4.78, 5) is 25.0. The minimum atomic E-state index is -0.244. The molecule has 1 fully saturated rings. The van der Waals surface area contributed by atoms with Crippen molar-refractivity contribution in [3.63, 3.8) is 0 Å². The fraction of sp³-hybridized carbons (Fsp3) is 0.542. The molecule has 0 radical (unpaired) electrons. The van der Waals surface area contributed by atoms with Gasteiger partial charge in [0.05, 0.1) is 11.7 Å². The van der Waals surface area contributed by atoms with Crippen LogP contribution in [-0.4, -0.2) is 63.4 Å². The van der Waals surface area contributed by atoms with Gasteiger partial charge in [-0.3, -0.25) is 14.7 Å². The minimum Gasteiger partial charge on any atom is -0.369 e. The fourth-order valence-electron chi connectivity index (χ4n) is 4.21. The molecule has 1 aromatic carbocycles. The van der Waals surface area contributed by atoms with E-state index in [4.69, 9.17) is 0 Å². The van der Waals surface area contributed by atoms with Gasteiger partial charge in [0.25, 0.3) is 5.56 Å². The number of anilines is 2. The van der Waals surface area contributed by atoms with Crippen molar-refractivity contribution < 1.29 is 0 Å². The van der Waals surface area contributed by atoms with Crippen molar-refractivity contribution in [3.8, 4) is 0 Å². The molecule has 4 rings (SSSR count).